The highest BCUT2D eigenvalue weighted by Crippen LogP contribution is 2.47. The van der Waals surface area contributed by atoms with Crippen LogP contribution in [0.3, 0.4) is 0 Å². The highest BCUT2D eigenvalue weighted by molar-refractivity contribution is 7.91. The van der Waals surface area contributed by atoms with Gasteiger partial charge in [0.1, 0.15) is 11.6 Å². The predicted octanol–water partition coefficient (Wildman–Crippen LogP) is 1.92. The number of nitrogens with one attached hydrogen (secondary N) is 2. The summed E-state index contributed by atoms with van der Waals surface area (Å²) in [7, 11) is -2.05. The summed E-state index contributed by atoms with van der Waals surface area (Å²) in [6, 6.07) is 7.59. The largest absolute Gasteiger partial charge is 0.474 e. The monoisotopic (exact) mass is 666 g/mol. The zero-order valence-electron chi connectivity index (χ0n) is 26.6. The molecule has 1 saturated heterocycles. The van der Waals surface area contributed by atoms with Gasteiger partial charge < -0.3 is 24.6 Å². The van der Waals surface area contributed by atoms with E-state index in [0.717, 1.165) is 30.2 Å². The van der Waals surface area contributed by atoms with Gasteiger partial charge in [-0.25, -0.2) is 13.4 Å². The van der Waals surface area contributed by atoms with E-state index in [1.54, 1.807) is 11.9 Å². The molecule has 0 bridgehead atoms. The van der Waals surface area contributed by atoms with Crippen LogP contribution in [0.4, 0.5) is 5.95 Å². The van der Waals surface area contributed by atoms with Gasteiger partial charge >= 0.3 is 0 Å². The number of rotatable bonds is 6. The minimum atomic E-state index is -3.81. The second-order valence-electron chi connectivity index (χ2n) is 13.5. The zero-order valence-corrected chi connectivity index (χ0v) is 27.4. The second kappa shape index (κ2) is 12.7. The average Bonchev–Trinajstić information content (AvgIpc) is 3.99. The molecule has 3 aliphatic carbocycles. The van der Waals surface area contributed by atoms with Crippen LogP contribution in [0.1, 0.15) is 51.4 Å². The van der Waals surface area contributed by atoms with Gasteiger partial charge in [-0.05, 0) is 63.5 Å². The molecule has 4 fully saturated rings. The van der Waals surface area contributed by atoms with E-state index < -0.39 is 50.6 Å². The maximum absolute atomic E-state index is 14.1. The first kappa shape index (κ1) is 31.8. The molecule has 7 rings (SSSR count). The van der Waals surface area contributed by atoms with Crippen molar-refractivity contribution in [3.63, 3.8) is 0 Å². The predicted molar refractivity (Wildman–Crippen MR) is 173 cm³/mol. The molecule has 14 heteroatoms. The molecule has 5 aliphatic rings. The molecule has 1 aromatic carbocycles. The van der Waals surface area contributed by atoms with Gasteiger partial charge in [0.15, 0.2) is 0 Å². The lowest BCUT2D eigenvalue weighted by Gasteiger charge is -2.27. The summed E-state index contributed by atoms with van der Waals surface area (Å²) in [4.78, 5) is 54.8. The number of sulfonamides is 1. The van der Waals surface area contributed by atoms with Gasteiger partial charge in [-0.15, -0.1) is 0 Å². The SMILES string of the molecule is CN1CCCC/C=C\C2CC2(C(=O)NS(=O)(=O)C2CC2)NC(=O)C2CC(Oc3nc(N4CCOCC4)nc4ccccc34)CC2C1=O. The number of hydrogen-bond acceptors (Lipinski definition) is 10. The summed E-state index contributed by atoms with van der Waals surface area (Å²) >= 11 is 0. The Hall–Kier alpha value is -3.78. The van der Waals surface area contributed by atoms with E-state index in [0.29, 0.717) is 70.4 Å². The molecule has 13 nitrogen and oxygen atoms in total. The third-order valence-corrected chi connectivity index (χ3v) is 11.9. The number of carbonyl (C=O) groups is 3. The molecule has 3 amide bonds. The second-order valence-corrected chi connectivity index (χ2v) is 15.5. The number of morpholine rings is 1. The molecule has 1 aromatic heterocycles. The van der Waals surface area contributed by atoms with Crippen LogP contribution >= 0.6 is 0 Å². The Balaban J connectivity index is 1.16. The molecule has 2 aliphatic heterocycles. The van der Waals surface area contributed by atoms with Gasteiger partial charge in [0.2, 0.25) is 33.7 Å². The Bertz CT molecular complexity index is 1690. The van der Waals surface area contributed by atoms with Gasteiger partial charge in [-0.2, -0.15) is 4.98 Å². The third kappa shape index (κ3) is 6.54. The van der Waals surface area contributed by atoms with E-state index in [2.05, 4.69) is 14.9 Å². The van der Waals surface area contributed by atoms with E-state index in [1.807, 2.05) is 36.4 Å². The normalized spacial score (nSPS) is 30.9. The van der Waals surface area contributed by atoms with E-state index in [4.69, 9.17) is 19.4 Å². The standard InChI is InChI=1S/C33H42N6O7S/c1-38-13-7-3-2-4-8-21-20-33(21,31(42)37-47(43,44)23-11-12-23)36-28(40)25-18-22(19-26(25)30(38)41)46-29-24-9-5-6-10-27(24)34-32(35-29)39-14-16-45-17-15-39/h4-6,8-10,21-23,25-26H,2-3,7,11-20H2,1H3,(H,36,40)(H,37,42)/b8-4-. The van der Waals surface area contributed by atoms with Crippen molar-refractivity contribution >= 4 is 44.6 Å². The number of hydrogen-bond donors (Lipinski definition) is 2. The average molecular weight is 667 g/mol. The highest BCUT2D eigenvalue weighted by Gasteiger charge is 2.62. The lowest BCUT2D eigenvalue weighted by molar-refractivity contribution is -0.140. The number of benzene rings is 1. The van der Waals surface area contributed by atoms with Crippen molar-refractivity contribution in [2.24, 2.45) is 17.8 Å². The van der Waals surface area contributed by atoms with Crippen LogP contribution in [-0.4, -0.2) is 97.8 Å². The van der Waals surface area contributed by atoms with Crippen LogP contribution in [0.15, 0.2) is 36.4 Å². The van der Waals surface area contributed by atoms with E-state index in [-0.39, 0.29) is 18.2 Å². The first-order valence-corrected chi connectivity index (χ1v) is 18.2. The van der Waals surface area contributed by atoms with Crippen molar-refractivity contribution in [3.05, 3.63) is 36.4 Å². The molecule has 5 atom stereocenters. The summed E-state index contributed by atoms with van der Waals surface area (Å²) < 4.78 is 39.7. The molecule has 252 valence electrons. The Morgan fingerprint density at radius 3 is 2.62 bits per heavy atom. The van der Waals surface area contributed by atoms with E-state index >= 15 is 0 Å². The quantitative estimate of drug-likeness (QED) is 0.436. The fourth-order valence-corrected chi connectivity index (χ4v) is 8.44. The van der Waals surface area contributed by atoms with Crippen molar-refractivity contribution < 1.29 is 32.3 Å². The Kier molecular flexibility index (Phi) is 8.58. The Labute approximate surface area is 274 Å². The first-order valence-electron chi connectivity index (χ1n) is 16.7. The van der Waals surface area contributed by atoms with Crippen molar-refractivity contribution in [2.75, 3.05) is 44.8 Å². The summed E-state index contributed by atoms with van der Waals surface area (Å²) in [6.45, 7) is 3.02. The maximum Gasteiger partial charge on any atom is 0.259 e. The number of allylic oxidation sites excluding steroid dienone is 1. The fourth-order valence-electron chi connectivity index (χ4n) is 7.08. The third-order valence-electron chi connectivity index (χ3n) is 10.1. The number of amides is 3. The van der Waals surface area contributed by atoms with Crippen molar-refractivity contribution in [1.82, 2.24) is 24.9 Å². The lowest BCUT2D eigenvalue weighted by Crippen LogP contribution is -2.54. The number of para-hydroxylation sites is 1. The lowest BCUT2D eigenvalue weighted by atomic mass is 9.93. The van der Waals surface area contributed by atoms with Crippen molar-refractivity contribution in [2.45, 2.75) is 68.3 Å². The van der Waals surface area contributed by atoms with Gasteiger partial charge in [-0.1, -0.05) is 24.3 Å². The number of aromatic nitrogens is 2. The maximum atomic E-state index is 14.1. The van der Waals surface area contributed by atoms with Gasteiger partial charge in [0, 0.05) is 32.6 Å². The van der Waals surface area contributed by atoms with E-state index in [9.17, 15) is 22.8 Å². The van der Waals surface area contributed by atoms with Crippen LogP contribution in [0.5, 0.6) is 5.88 Å². The van der Waals surface area contributed by atoms with Crippen molar-refractivity contribution in [3.8, 4) is 5.88 Å². The summed E-state index contributed by atoms with van der Waals surface area (Å²) in [5.41, 5.74) is -0.653. The fraction of sp³-hybridized carbons (Fsp3) is 0.606. The van der Waals surface area contributed by atoms with Crippen LogP contribution in [0.25, 0.3) is 10.9 Å². The summed E-state index contributed by atoms with van der Waals surface area (Å²) in [5.74, 6) is -2.17. The number of carbonyl (C=O) groups excluding carboxylic acids is 3. The Morgan fingerprint density at radius 1 is 1.06 bits per heavy atom. The van der Waals surface area contributed by atoms with Crippen LogP contribution < -0.4 is 19.7 Å². The molecule has 2 N–H and O–H groups in total. The molecule has 0 radical (unpaired) electrons. The zero-order chi connectivity index (χ0) is 32.8. The van der Waals surface area contributed by atoms with Gasteiger partial charge in [0.05, 0.1) is 41.2 Å². The molecule has 0 spiro atoms. The first-order chi connectivity index (χ1) is 22.6. The van der Waals surface area contributed by atoms with E-state index in [1.165, 1.54) is 0 Å². The van der Waals surface area contributed by atoms with Gasteiger partial charge in [0.25, 0.3) is 5.91 Å². The molecule has 3 heterocycles. The molecular weight excluding hydrogens is 624 g/mol. The van der Waals surface area contributed by atoms with Crippen LogP contribution in [0.2, 0.25) is 0 Å². The molecule has 3 saturated carbocycles. The summed E-state index contributed by atoms with van der Waals surface area (Å²) in [6.07, 6.45) is 7.65. The minimum absolute atomic E-state index is 0.146. The number of fused-ring (bicyclic) bond motifs is 3. The highest BCUT2D eigenvalue weighted by atomic mass is 32.2. The molecule has 2 aromatic rings. The Morgan fingerprint density at radius 2 is 1.83 bits per heavy atom. The minimum Gasteiger partial charge on any atom is -0.474 e. The molecular formula is C33H42N6O7S. The van der Waals surface area contributed by atoms with Crippen LogP contribution in [0, 0.1) is 17.8 Å². The number of ether oxygens (including phenoxy) is 2. The molecule has 5 unspecified atom stereocenters. The molecule has 47 heavy (non-hydrogen) atoms. The smallest absolute Gasteiger partial charge is 0.259 e. The summed E-state index contributed by atoms with van der Waals surface area (Å²) in [5, 5.41) is 3.10. The number of anilines is 1. The van der Waals surface area contributed by atoms with Gasteiger partial charge in [-0.3, -0.25) is 19.1 Å². The topological polar surface area (TPSA) is 160 Å². The number of nitrogens with zero attached hydrogens (tertiary/aromatic N) is 4. The van der Waals surface area contributed by atoms with Crippen molar-refractivity contribution in [1.29, 1.82) is 0 Å². The van der Waals surface area contributed by atoms with Crippen LogP contribution in [-0.2, 0) is 29.1 Å².